The summed E-state index contributed by atoms with van der Waals surface area (Å²) in [5.74, 6) is 2.49. The molecule has 1 heterocycles. The highest BCUT2D eigenvalue weighted by Gasteiger charge is 2.11. The van der Waals surface area contributed by atoms with E-state index < -0.39 is 0 Å². The van der Waals surface area contributed by atoms with Gasteiger partial charge in [0.1, 0.15) is 5.75 Å². The molecule has 0 saturated heterocycles. The van der Waals surface area contributed by atoms with Crippen LogP contribution in [0.1, 0.15) is 0 Å². The van der Waals surface area contributed by atoms with Crippen LogP contribution in [0.2, 0.25) is 0 Å². The van der Waals surface area contributed by atoms with Gasteiger partial charge in [-0.25, -0.2) is 0 Å². The Morgan fingerprint density at radius 3 is 2.00 bits per heavy atom. The topological polar surface area (TPSA) is 40.6 Å². The molecule has 1 aromatic carbocycles. The van der Waals surface area contributed by atoms with Gasteiger partial charge in [-0.1, -0.05) is 6.07 Å². The van der Waals surface area contributed by atoms with Gasteiger partial charge in [-0.15, -0.1) is 0 Å². The highest BCUT2D eigenvalue weighted by molar-refractivity contribution is 5.52. The minimum Gasteiger partial charge on any atom is -0.493 e. The summed E-state index contributed by atoms with van der Waals surface area (Å²) in [4.78, 5) is 3.93. The minimum atomic E-state index is 0.559. The molecule has 17 heavy (non-hydrogen) atoms. The van der Waals surface area contributed by atoms with Crippen LogP contribution in [0.4, 0.5) is 0 Å². The molecule has 88 valence electrons. The first-order chi connectivity index (χ1) is 8.35. The maximum absolute atomic E-state index is 5.73. The third kappa shape index (κ3) is 2.47. The predicted molar refractivity (Wildman–Crippen MR) is 63.9 cm³/mol. The van der Waals surface area contributed by atoms with Crippen LogP contribution in [0.5, 0.6) is 23.0 Å². The Kier molecular flexibility index (Phi) is 3.45. The van der Waals surface area contributed by atoms with Crippen LogP contribution < -0.4 is 14.2 Å². The number of aromatic nitrogens is 1. The maximum atomic E-state index is 5.73. The molecule has 0 spiro atoms. The van der Waals surface area contributed by atoms with E-state index in [1.165, 1.54) is 0 Å². The summed E-state index contributed by atoms with van der Waals surface area (Å²) in [5, 5.41) is 0. The second-order valence-electron chi connectivity index (χ2n) is 3.28. The Balaban J connectivity index is 2.37. The molecule has 0 aliphatic carbocycles. The number of benzene rings is 1. The molecule has 0 aliphatic heterocycles. The number of hydrogen-bond donors (Lipinski definition) is 0. The van der Waals surface area contributed by atoms with Crippen molar-refractivity contribution in [3.05, 3.63) is 42.7 Å². The van der Waals surface area contributed by atoms with Gasteiger partial charge in [-0.3, -0.25) is 4.98 Å². The van der Waals surface area contributed by atoms with Crippen molar-refractivity contribution in [2.24, 2.45) is 0 Å². The van der Waals surface area contributed by atoms with Gasteiger partial charge in [-0.05, 0) is 24.3 Å². The van der Waals surface area contributed by atoms with Crippen LogP contribution in [0.15, 0.2) is 42.7 Å². The first-order valence-electron chi connectivity index (χ1n) is 5.14. The third-order valence-corrected chi connectivity index (χ3v) is 2.25. The molecular weight excluding hydrogens is 218 g/mol. The minimum absolute atomic E-state index is 0.559. The van der Waals surface area contributed by atoms with Gasteiger partial charge in [0, 0.05) is 12.4 Å². The van der Waals surface area contributed by atoms with Crippen molar-refractivity contribution >= 4 is 0 Å². The molecule has 4 heteroatoms. The van der Waals surface area contributed by atoms with Crippen LogP contribution in [0.3, 0.4) is 0 Å². The second-order valence-corrected chi connectivity index (χ2v) is 3.28. The summed E-state index contributed by atoms with van der Waals surface area (Å²) >= 11 is 0. The van der Waals surface area contributed by atoms with E-state index in [2.05, 4.69) is 4.98 Å². The summed E-state index contributed by atoms with van der Waals surface area (Å²) in [6.07, 6.45) is 3.33. The van der Waals surface area contributed by atoms with Crippen LogP contribution in [0.25, 0.3) is 0 Å². The Bertz CT molecular complexity index is 463. The molecule has 0 atom stereocenters. The van der Waals surface area contributed by atoms with E-state index in [9.17, 15) is 0 Å². The van der Waals surface area contributed by atoms with E-state index in [1.54, 1.807) is 38.7 Å². The van der Waals surface area contributed by atoms with Gasteiger partial charge < -0.3 is 14.2 Å². The zero-order chi connectivity index (χ0) is 12.1. The average molecular weight is 231 g/mol. The van der Waals surface area contributed by atoms with Crippen molar-refractivity contribution in [3.8, 4) is 23.0 Å². The molecule has 0 unspecified atom stereocenters. The second kappa shape index (κ2) is 5.21. The zero-order valence-corrected chi connectivity index (χ0v) is 9.71. The van der Waals surface area contributed by atoms with Crippen LogP contribution >= 0.6 is 0 Å². The molecule has 4 nitrogen and oxygen atoms in total. The first kappa shape index (κ1) is 11.3. The van der Waals surface area contributed by atoms with Gasteiger partial charge in [0.2, 0.25) is 5.75 Å². The quantitative estimate of drug-likeness (QED) is 0.811. The first-order valence-corrected chi connectivity index (χ1v) is 5.14. The van der Waals surface area contributed by atoms with Crippen molar-refractivity contribution in [1.82, 2.24) is 4.98 Å². The third-order valence-electron chi connectivity index (χ3n) is 2.25. The molecule has 0 radical (unpaired) electrons. The molecule has 0 aliphatic rings. The lowest BCUT2D eigenvalue weighted by atomic mass is 10.3. The lowest BCUT2D eigenvalue weighted by Gasteiger charge is -2.13. The highest BCUT2D eigenvalue weighted by atomic mass is 16.5. The summed E-state index contributed by atoms with van der Waals surface area (Å²) in [7, 11) is 3.18. The number of pyridine rings is 1. The summed E-state index contributed by atoms with van der Waals surface area (Å²) in [6, 6.07) is 9.02. The molecule has 0 N–H and O–H groups in total. The van der Waals surface area contributed by atoms with Gasteiger partial charge >= 0.3 is 0 Å². The summed E-state index contributed by atoms with van der Waals surface area (Å²) in [5.41, 5.74) is 0. The SMILES string of the molecule is COc1cccc(OC)c1Oc1ccncc1. The van der Waals surface area contributed by atoms with Crippen molar-refractivity contribution in [2.75, 3.05) is 14.2 Å². The Hall–Kier alpha value is -2.23. The Morgan fingerprint density at radius 1 is 0.882 bits per heavy atom. The lowest BCUT2D eigenvalue weighted by molar-refractivity contribution is 0.346. The van der Waals surface area contributed by atoms with Crippen molar-refractivity contribution in [2.45, 2.75) is 0 Å². The number of para-hydroxylation sites is 1. The molecule has 0 saturated carbocycles. The molecule has 0 amide bonds. The largest absolute Gasteiger partial charge is 0.493 e. The fourth-order valence-electron chi connectivity index (χ4n) is 1.44. The molecule has 2 aromatic rings. The summed E-state index contributed by atoms with van der Waals surface area (Å²) < 4.78 is 16.2. The number of rotatable bonds is 4. The zero-order valence-electron chi connectivity index (χ0n) is 9.71. The maximum Gasteiger partial charge on any atom is 0.210 e. The van der Waals surface area contributed by atoms with Crippen molar-refractivity contribution in [3.63, 3.8) is 0 Å². The number of hydrogen-bond acceptors (Lipinski definition) is 4. The molecule has 2 rings (SSSR count). The monoisotopic (exact) mass is 231 g/mol. The number of ether oxygens (including phenoxy) is 3. The van der Waals surface area contributed by atoms with Gasteiger partial charge in [0.25, 0.3) is 0 Å². The van der Waals surface area contributed by atoms with E-state index in [1.807, 2.05) is 18.2 Å². The molecule has 0 bridgehead atoms. The highest BCUT2D eigenvalue weighted by Crippen LogP contribution is 2.39. The van der Waals surface area contributed by atoms with Gasteiger partial charge in [0.05, 0.1) is 14.2 Å². The van der Waals surface area contributed by atoms with E-state index in [0.29, 0.717) is 23.0 Å². The van der Waals surface area contributed by atoms with E-state index in [-0.39, 0.29) is 0 Å². The normalized spacial score (nSPS) is 9.76. The van der Waals surface area contributed by atoms with Crippen LogP contribution in [-0.4, -0.2) is 19.2 Å². The van der Waals surface area contributed by atoms with Crippen molar-refractivity contribution < 1.29 is 14.2 Å². The lowest BCUT2D eigenvalue weighted by Crippen LogP contribution is -1.94. The number of methoxy groups -OCH3 is 2. The number of nitrogens with zero attached hydrogens (tertiary/aromatic N) is 1. The Morgan fingerprint density at radius 2 is 1.47 bits per heavy atom. The van der Waals surface area contributed by atoms with Crippen molar-refractivity contribution in [1.29, 1.82) is 0 Å². The average Bonchev–Trinajstić information content (AvgIpc) is 2.40. The van der Waals surface area contributed by atoms with E-state index >= 15 is 0 Å². The van der Waals surface area contributed by atoms with E-state index in [0.717, 1.165) is 0 Å². The predicted octanol–water partition coefficient (Wildman–Crippen LogP) is 2.89. The van der Waals surface area contributed by atoms with Gasteiger partial charge in [0.15, 0.2) is 11.5 Å². The molecular formula is C13H13NO3. The summed E-state index contributed by atoms with van der Waals surface area (Å²) in [6.45, 7) is 0. The standard InChI is InChI=1S/C13H13NO3/c1-15-11-4-3-5-12(16-2)13(11)17-10-6-8-14-9-7-10/h3-9H,1-2H3. The smallest absolute Gasteiger partial charge is 0.210 e. The molecule has 0 fully saturated rings. The van der Waals surface area contributed by atoms with Gasteiger partial charge in [-0.2, -0.15) is 0 Å². The fraction of sp³-hybridized carbons (Fsp3) is 0.154. The van der Waals surface area contributed by atoms with Crippen LogP contribution in [0, 0.1) is 0 Å². The fourth-order valence-corrected chi connectivity index (χ4v) is 1.44. The van der Waals surface area contributed by atoms with E-state index in [4.69, 9.17) is 14.2 Å². The molecule has 1 aromatic heterocycles. The van der Waals surface area contributed by atoms with Crippen LogP contribution in [-0.2, 0) is 0 Å². The Labute approximate surface area is 99.8 Å².